The van der Waals surface area contributed by atoms with Crippen molar-refractivity contribution in [1.29, 1.82) is 0 Å². The number of aromatic carboxylic acids is 1. The Morgan fingerprint density at radius 3 is 2.66 bits per heavy atom. The highest BCUT2D eigenvalue weighted by Gasteiger charge is 2.11. The van der Waals surface area contributed by atoms with Crippen molar-refractivity contribution >= 4 is 35.4 Å². The quantitative estimate of drug-likeness (QED) is 0.368. The molecule has 3 aromatic rings. The van der Waals surface area contributed by atoms with Crippen molar-refractivity contribution in [1.82, 2.24) is 10.4 Å². The lowest BCUT2D eigenvalue weighted by Crippen LogP contribution is -2.22. The minimum absolute atomic E-state index is 0.0460. The summed E-state index contributed by atoms with van der Waals surface area (Å²) in [4.78, 5) is 36.6. The summed E-state index contributed by atoms with van der Waals surface area (Å²) in [7, 11) is 0. The Morgan fingerprint density at radius 2 is 2.00 bits per heavy atom. The molecule has 3 rings (SSSR count). The van der Waals surface area contributed by atoms with Crippen LogP contribution in [0, 0.1) is 10.1 Å². The molecule has 2 heterocycles. The Bertz CT molecular complexity index is 1120. The second-order valence-corrected chi connectivity index (χ2v) is 5.95. The van der Waals surface area contributed by atoms with Crippen LogP contribution < -0.4 is 10.5 Å². The van der Waals surface area contributed by atoms with E-state index in [4.69, 9.17) is 16.0 Å². The van der Waals surface area contributed by atoms with Crippen LogP contribution in [0.1, 0.15) is 26.6 Å². The lowest BCUT2D eigenvalue weighted by Gasteiger charge is -2.06. The molecule has 0 saturated carbocycles. The molecule has 11 heteroatoms. The normalized spacial score (nSPS) is 10.8. The van der Waals surface area contributed by atoms with Crippen molar-refractivity contribution in [3.8, 4) is 11.3 Å². The molecule has 0 atom stereocenters. The smallest absolute Gasteiger partial charge is 0.289 e. The van der Waals surface area contributed by atoms with E-state index < -0.39 is 16.8 Å². The molecule has 29 heavy (non-hydrogen) atoms. The number of rotatable bonds is 6. The predicted octanol–water partition coefficient (Wildman–Crippen LogP) is 2.03. The molecule has 2 aromatic heterocycles. The van der Waals surface area contributed by atoms with Crippen LogP contribution in [-0.2, 0) is 0 Å². The summed E-state index contributed by atoms with van der Waals surface area (Å²) in [6.07, 6.45) is 2.19. The predicted molar refractivity (Wildman–Crippen MR) is 99.4 cm³/mol. The fourth-order valence-electron chi connectivity index (χ4n) is 2.25. The van der Waals surface area contributed by atoms with Crippen LogP contribution >= 0.6 is 11.6 Å². The highest BCUT2D eigenvalue weighted by atomic mass is 35.5. The molecule has 0 bridgehead atoms. The number of carboxylic acids is 1. The molecule has 0 aliphatic rings. The standard InChI is InChI=1S/C18H11ClN4O6/c19-14-4-1-10(7-13(14)18(25)26)16-6-3-12(29-16)9-21-22-17(24)15-5-2-11(8-20-15)23(27)28/h1-9H,(H,22,24)(H,25,26)/p-1. The molecule has 146 valence electrons. The van der Waals surface area contributed by atoms with Crippen molar-refractivity contribution in [3.05, 3.63) is 80.8 Å². The number of amides is 1. The van der Waals surface area contributed by atoms with Crippen LogP contribution in [0.15, 0.2) is 58.2 Å². The Morgan fingerprint density at radius 1 is 1.21 bits per heavy atom. The van der Waals surface area contributed by atoms with E-state index in [1.807, 2.05) is 0 Å². The Balaban J connectivity index is 1.67. The van der Waals surface area contributed by atoms with Gasteiger partial charge in [0.2, 0.25) is 0 Å². The van der Waals surface area contributed by atoms with E-state index in [1.54, 1.807) is 18.2 Å². The van der Waals surface area contributed by atoms with Gasteiger partial charge < -0.3 is 14.3 Å². The van der Waals surface area contributed by atoms with Gasteiger partial charge in [-0.3, -0.25) is 14.9 Å². The number of pyridine rings is 1. The van der Waals surface area contributed by atoms with Crippen LogP contribution in [0.25, 0.3) is 11.3 Å². The first-order chi connectivity index (χ1) is 13.8. The molecular formula is C18H10ClN4O6-. The van der Waals surface area contributed by atoms with Crippen LogP contribution in [0.3, 0.4) is 0 Å². The third kappa shape index (κ3) is 4.62. The molecule has 10 nitrogen and oxygen atoms in total. The summed E-state index contributed by atoms with van der Waals surface area (Å²) in [5, 5.41) is 25.4. The number of nitro groups is 1. The average Bonchev–Trinajstić information content (AvgIpc) is 3.17. The number of hydrazone groups is 1. The number of hydrogen-bond donors (Lipinski definition) is 1. The zero-order chi connectivity index (χ0) is 21.0. The summed E-state index contributed by atoms with van der Waals surface area (Å²) in [5.41, 5.74) is 2.22. The number of halogens is 1. The topological polar surface area (TPSA) is 151 Å². The minimum atomic E-state index is -1.41. The van der Waals surface area contributed by atoms with Gasteiger partial charge in [0.05, 0.1) is 17.1 Å². The van der Waals surface area contributed by atoms with Gasteiger partial charge in [-0.05, 0) is 36.4 Å². The average molecular weight is 414 g/mol. The number of nitrogens with one attached hydrogen (secondary N) is 1. The number of carboxylic acid groups (broad SMARTS) is 1. The molecule has 1 N–H and O–H groups in total. The first-order valence-electron chi connectivity index (χ1n) is 7.90. The van der Waals surface area contributed by atoms with Gasteiger partial charge in [0.15, 0.2) is 0 Å². The molecule has 0 aliphatic carbocycles. The van der Waals surface area contributed by atoms with Gasteiger partial charge in [0.1, 0.15) is 23.4 Å². The SMILES string of the molecule is O=C(NN=Cc1ccc(-c2ccc(Cl)c(C(=O)[O-])c2)o1)c1ccc([N+](=O)[O-])cn1. The number of hydrogen-bond acceptors (Lipinski definition) is 8. The van der Waals surface area contributed by atoms with Crippen molar-refractivity contribution in [2.45, 2.75) is 0 Å². The van der Waals surface area contributed by atoms with Crippen LogP contribution in [0.2, 0.25) is 5.02 Å². The van der Waals surface area contributed by atoms with Gasteiger partial charge in [-0.15, -0.1) is 0 Å². The summed E-state index contributed by atoms with van der Waals surface area (Å²) < 4.78 is 5.53. The summed E-state index contributed by atoms with van der Waals surface area (Å²) >= 11 is 5.81. The van der Waals surface area contributed by atoms with Crippen molar-refractivity contribution < 1.29 is 24.0 Å². The van der Waals surface area contributed by atoms with E-state index in [-0.39, 0.29) is 27.7 Å². The lowest BCUT2D eigenvalue weighted by molar-refractivity contribution is -0.385. The number of benzene rings is 1. The zero-order valence-corrected chi connectivity index (χ0v) is 15.1. The number of furan rings is 1. The molecule has 0 fully saturated rings. The fourth-order valence-corrected chi connectivity index (χ4v) is 2.45. The van der Waals surface area contributed by atoms with Crippen LogP contribution in [-0.4, -0.2) is 28.0 Å². The number of carbonyl (C=O) groups is 2. The van der Waals surface area contributed by atoms with Gasteiger partial charge in [0.25, 0.3) is 11.6 Å². The van der Waals surface area contributed by atoms with E-state index in [0.717, 1.165) is 12.3 Å². The van der Waals surface area contributed by atoms with Gasteiger partial charge in [0, 0.05) is 22.2 Å². The van der Waals surface area contributed by atoms with Crippen LogP contribution in [0.5, 0.6) is 0 Å². The number of nitrogens with zero attached hydrogens (tertiary/aromatic N) is 3. The molecular weight excluding hydrogens is 404 g/mol. The van der Waals surface area contributed by atoms with E-state index >= 15 is 0 Å². The third-order valence-corrected chi connectivity index (χ3v) is 3.98. The first-order valence-corrected chi connectivity index (χ1v) is 8.28. The maximum absolute atomic E-state index is 11.9. The van der Waals surface area contributed by atoms with E-state index in [1.165, 1.54) is 24.4 Å². The first kappa shape index (κ1) is 19.7. The molecule has 1 amide bonds. The van der Waals surface area contributed by atoms with Crippen molar-refractivity contribution in [3.63, 3.8) is 0 Å². The molecule has 0 spiro atoms. The Kier molecular flexibility index (Phi) is 5.65. The highest BCUT2D eigenvalue weighted by Crippen LogP contribution is 2.26. The number of carbonyl (C=O) groups excluding carboxylic acids is 2. The second kappa shape index (κ2) is 8.31. The van der Waals surface area contributed by atoms with Crippen LogP contribution in [0.4, 0.5) is 5.69 Å². The maximum atomic E-state index is 11.9. The van der Waals surface area contributed by atoms with Crippen molar-refractivity contribution in [2.24, 2.45) is 5.10 Å². The summed E-state index contributed by atoms with van der Waals surface area (Å²) in [5.74, 6) is -1.44. The number of aromatic nitrogens is 1. The maximum Gasteiger partial charge on any atom is 0.289 e. The largest absolute Gasteiger partial charge is 0.545 e. The molecule has 0 unspecified atom stereocenters. The van der Waals surface area contributed by atoms with Crippen molar-refractivity contribution in [2.75, 3.05) is 0 Å². The van der Waals surface area contributed by atoms with E-state index in [0.29, 0.717) is 11.3 Å². The Hall–Kier alpha value is -4.05. The Labute approximate surface area is 167 Å². The third-order valence-electron chi connectivity index (χ3n) is 3.65. The summed E-state index contributed by atoms with van der Waals surface area (Å²) in [6.45, 7) is 0. The van der Waals surface area contributed by atoms with Gasteiger partial charge in [-0.2, -0.15) is 5.10 Å². The van der Waals surface area contributed by atoms with Gasteiger partial charge in [-0.1, -0.05) is 11.6 Å². The molecule has 0 radical (unpaired) electrons. The van der Waals surface area contributed by atoms with E-state index in [2.05, 4.69) is 15.5 Å². The second-order valence-electron chi connectivity index (χ2n) is 5.54. The summed E-state index contributed by atoms with van der Waals surface area (Å²) in [6, 6.07) is 9.80. The monoisotopic (exact) mass is 413 g/mol. The molecule has 0 aliphatic heterocycles. The van der Waals surface area contributed by atoms with Gasteiger partial charge in [-0.25, -0.2) is 10.4 Å². The zero-order valence-electron chi connectivity index (χ0n) is 14.4. The van der Waals surface area contributed by atoms with E-state index in [9.17, 15) is 24.8 Å². The fraction of sp³-hybridized carbons (Fsp3) is 0. The minimum Gasteiger partial charge on any atom is -0.545 e. The lowest BCUT2D eigenvalue weighted by atomic mass is 10.1. The highest BCUT2D eigenvalue weighted by molar-refractivity contribution is 6.33. The van der Waals surface area contributed by atoms with Gasteiger partial charge >= 0.3 is 0 Å². The molecule has 1 aromatic carbocycles. The molecule has 0 saturated heterocycles.